The van der Waals surface area contributed by atoms with Crippen molar-refractivity contribution in [3.05, 3.63) is 0 Å². The number of rotatable bonds is 3. The number of thioether (sulfide) groups is 1. The van der Waals surface area contributed by atoms with E-state index in [0.29, 0.717) is 6.42 Å². The SMILES string of the molecule is CSCCC(=O)N(C)OC(C)=O. The minimum absolute atomic E-state index is 0.181. The third-order valence-corrected chi connectivity index (χ3v) is 1.75. The molecule has 0 bridgehead atoms. The van der Waals surface area contributed by atoms with Crippen LogP contribution in [-0.4, -0.2) is 36.0 Å². The lowest BCUT2D eigenvalue weighted by atomic mass is 10.4. The van der Waals surface area contributed by atoms with E-state index in [0.717, 1.165) is 10.8 Å². The van der Waals surface area contributed by atoms with E-state index in [2.05, 4.69) is 4.84 Å². The maximum absolute atomic E-state index is 11.1. The Balaban J connectivity index is 3.69. The monoisotopic (exact) mass is 191 g/mol. The summed E-state index contributed by atoms with van der Waals surface area (Å²) >= 11 is 1.58. The van der Waals surface area contributed by atoms with E-state index >= 15 is 0 Å². The second-order valence-corrected chi connectivity index (χ2v) is 3.20. The van der Waals surface area contributed by atoms with Crippen LogP contribution in [0.1, 0.15) is 13.3 Å². The fourth-order valence-corrected chi connectivity index (χ4v) is 0.969. The molecule has 0 saturated heterocycles. The van der Waals surface area contributed by atoms with Crippen LogP contribution in [0.15, 0.2) is 0 Å². The fraction of sp³-hybridized carbons (Fsp3) is 0.714. The highest BCUT2D eigenvalue weighted by Crippen LogP contribution is 1.99. The minimum atomic E-state index is -0.477. The summed E-state index contributed by atoms with van der Waals surface area (Å²) < 4.78 is 0. The van der Waals surface area contributed by atoms with Gasteiger partial charge in [-0.3, -0.25) is 9.59 Å². The molecule has 0 atom stereocenters. The van der Waals surface area contributed by atoms with Crippen molar-refractivity contribution in [1.29, 1.82) is 0 Å². The van der Waals surface area contributed by atoms with Gasteiger partial charge in [-0.05, 0) is 6.26 Å². The first-order chi connectivity index (χ1) is 5.57. The average molecular weight is 191 g/mol. The molecule has 0 aliphatic heterocycles. The van der Waals surface area contributed by atoms with E-state index in [9.17, 15) is 9.59 Å². The zero-order valence-corrected chi connectivity index (χ0v) is 8.31. The van der Waals surface area contributed by atoms with Crippen molar-refractivity contribution in [3.8, 4) is 0 Å². The first-order valence-corrected chi connectivity index (χ1v) is 4.91. The third kappa shape index (κ3) is 5.01. The van der Waals surface area contributed by atoms with Crippen LogP contribution < -0.4 is 0 Å². The minimum Gasteiger partial charge on any atom is -0.339 e. The number of carbonyl (C=O) groups excluding carboxylic acids is 2. The summed E-state index contributed by atoms with van der Waals surface area (Å²) in [6.45, 7) is 1.26. The predicted molar refractivity (Wildman–Crippen MR) is 47.5 cm³/mol. The van der Waals surface area contributed by atoms with Gasteiger partial charge in [-0.2, -0.15) is 16.8 Å². The highest BCUT2D eigenvalue weighted by atomic mass is 32.2. The van der Waals surface area contributed by atoms with Crippen LogP contribution in [0.3, 0.4) is 0 Å². The van der Waals surface area contributed by atoms with Gasteiger partial charge in [0.15, 0.2) is 0 Å². The molecule has 0 spiro atoms. The summed E-state index contributed by atoms with van der Waals surface area (Å²) in [5.74, 6) is 0.0827. The van der Waals surface area contributed by atoms with Crippen molar-refractivity contribution in [2.45, 2.75) is 13.3 Å². The first kappa shape index (κ1) is 11.3. The largest absolute Gasteiger partial charge is 0.339 e. The van der Waals surface area contributed by atoms with Gasteiger partial charge in [-0.25, -0.2) is 0 Å². The molecule has 0 rings (SSSR count). The first-order valence-electron chi connectivity index (χ1n) is 3.52. The molecular formula is C7H13NO3S. The van der Waals surface area contributed by atoms with Gasteiger partial charge < -0.3 is 4.84 Å². The number of hydrogen-bond donors (Lipinski definition) is 0. The fourth-order valence-electron chi connectivity index (χ4n) is 0.591. The molecule has 12 heavy (non-hydrogen) atoms. The maximum atomic E-state index is 11.1. The predicted octanol–water partition coefficient (Wildman–Crippen LogP) is 0.676. The zero-order chi connectivity index (χ0) is 9.56. The van der Waals surface area contributed by atoms with Crippen molar-refractivity contribution >= 4 is 23.6 Å². The number of nitrogens with zero attached hydrogens (tertiary/aromatic N) is 1. The summed E-state index contributed by atoms with van der Waals surface area (Å²) in [7, 11) is 1.43. The summed E-state index contributed by atoms with van der Waals surface area (Å²) in [4.78, 5) is 26.0. The molecular weight excluding hydrogens is 178 g/mol. The molecule has 0 unspecified atom stereocenters. The van der Waals surface area contributed by atoms with Crippen molar-refractivity contribution in [3.63, 3.8) is 0 Å². The van der Waals surface area contributed by atoms with Crippen molar-refractivity contribution in [2.75, 3.05) is 19.1 Å². The van der Waals surface area contributed by atoms with Crippen molar-refractivity contribution < 1.29 is 14.4 Å². The van der Waals surface area contributed by atoms with Gasteiger partial charge in [0.25, 0.3) is 5.91 Å². The normalized spacial score (nSPS) is 9.25. The zero-order valence-electron chi connectivity index (χ0n) is 7.49. The smallest absolute Gasteiger partial charge is 0.329 e. The molecule has 0 aliphatic carbocycles. The Morgan fingerprint density at radius 3 is 2.50 bits per heavy atom. The van der Waals surface area contributed by atoms with Crippen LogP contribution in [0.25, 0.3) is 0 Å². The molecule has 0 radical (unpaired) electrons. The Labute approximate surface area is 76.2 Å². The molecule has 0 aliphatic rings. The van der Waals surface area contributed by atoms with Crippen LogP contribution in [0.4, 0.5) is 0 Å². The van der Waals surface area contributed by atoms with Crippen LogP contribution >= 0.6 is 11.8 Å². The Bertz CT molecular complexity index is 172. The molecule has 1 amide bonds. The number of amides is 1. The highest BCUT2D eigenvalue weighted by Gasteiger charge is 2.10. The molecule has 0 saturated carbocycles. The van der Waals surface area contributed by atoms with Gasteiger partial charge in [0, 0.05) is 26.1 Å². The van der Waals surface area contributed by atoms with Crippen LogP contribution in [-0.2, 0) is 14.4 Å². The average Bonchev–Trinajstić information content (AvgIpc) is 1.98. The van der Waals surface area contributed by atoms with Crippen LogP contribution in [0.2, 0.25) is 0 Å². The molecule has 70 valence electrons. The lowest BCUT2D eigenvalue weighted by Gasteiger charge is -2.14. The van der Waals surface area contributed by atoms with Crippen LogP contribution in [0, 0.1) is 0 Å². The third-order valence-electron chi connectivity index (χ3n) is 1.14. The molecule has 4 nitrogen and oxygen atoms in total. The summed E-state index contributed by atoms with van der Waals surface area (Å²) in [6.07, 6.45) is 2.31. The molecule has 0 fully saturated rings. The molecule has 5 heteroatoms. The van der Waals surface area contributed by atoms with E-state index in [1.165, 1.54) is 14.0 Å². The number of hydroxylamine groups is 2. The van der Waals surface area contributed by atoms with Gasteiger partial charge >= 0.3 is 5.97 Å². The Kier molecular flexibility index (Phi) is 5.53. The lowest BCUT2D eigenvalue weighted by molar-refractivity contribution is -0.190. The molecule has 0 N–H and O–H groups in total. The van der Waals surface area contributed by atoms with Crippen molar-refractivity contribution in [2.24, 2.45) is 0 Å². The Hall–Kier alpha value is -0.710. The molecule has 0 aromatic rings. The Morgan fingerprint density at radius 2 is 2.08 bits per heavy atom. The van der Waals surface area contributed by atoms with E-state index in [1.807, 2.05) is 6.26 Å². The van der Waals surface area contributed by atoms with E-state index in [1.54, 1.807) is 11.8 Å². The highest BCUT2D eigenvalue weighted by molar-refractivity contribution is 7.98. The molecule has 0 heterocycles. The van der Waals surface area contributed by atoms with Gasteiger partial charge in [-0.1, -0.05) is 0 Å². The van der Waals surface area contributed by atoms with Gasteiger partial charge in [0.05, 0.1) is 0 Å². The summed E-state index contributed by atoms with van der Waals surface area (Å²) in [5.41, 5.74) is 0. The van der Waals surface area contributed by atoms with Gasteiger partial charge in [0.1, 0.15) is 0 Å². The van der Waals surface area contributed by atoms with Gasteiger partial charge in [-0.15, -0.1) is 0 Å². The van der Waals surface area contributed by atoms with Crippen molar-refractivity contribution in [1.82, 2.24) is 5.06 Å². The van der Waals surface area contributed by atoms with E-state index in [-0.39, 0.29) is 5.91 Å². The summed E-state index contributed by atoms with van der Waals surface area (Å²) in [5, 5.41) is 0.971. The number of carbonyl (C=O) groups is 2. The molecule has 0 aromatic carbocycles. The Morgan fingerprint density at radius 1 is 1.50 bits per heavy atom. The quantitative estimate of drug-likeness (QED) is 0.615. The van der Waals surface area contributed by atoms with E-state index < -0.39 is 5.97 Å². The molecule has 0 aromatic heterocycles. The standard InChI is InChI=1S/C7H13NO3S/c1-6(9)11-8(2)7(10)4-5-12-3/h4-5H2,1-3H3. The second kappa shape index (κ2) is 5.88. The lowest BCUT2D eigenvalue weighted by Crippen LogP contribution is -2.29. The summed E-state index contributed by atoms with van der Waals surface area (Å²) in [6, 6.07) is 0. The van der Waals surface area contributed by atoms with Gasteiger partial charge in [0.2, 0.25) is 0 Å². The topological polar surface area (TPSA) is 46.6 Å². The van der Waals surface area contributed by atoms with E-state index in [4.69, 9.17) is 0 Å². The second-order valence-electron chi connectivity index (χ2n) is 2.22. The van der Waals surface area contributed by atoms with Crippen LogP contribution in [0.5, 0.6) is 0 Å². The number of hydrogen-bond acceptors (Lipinski definition) is 4. The maximum Gasteiger partial charge on any atom is 0.329 e.